The SMILES string of the molecule is COc1ccc(CC(NC(=O)OC(C)(C)C)C(=O)O)cc1COc1cccc2cccnc12. The van der Waals surface area contributed by atoms with Gasteiger partial charge in [-0.05, 0) is 50.6 Å². The van der Waals surface area contributed by atoms with Gasteiger partial charge in [0.15, 0.2) is 0 Å². The van der Waals surface area contributed by atoms with E-state index in [0.29, 0.717) is 17.1 Å². The number of rotatable bonds is 8. The van der Waals surface area contributed by atoms with Crippen LogP contribution >= 0.6 is 0 Å². The first-order valence-corrected chi connectivity index (χ1v) is 10.5. The lowest BCUT2D eigenvalue weighted by atomic mass is 10.0. The first-order chi connectivity index (χ1) is 15.7. The summed E-state index contributed by atoms with van der Waals surface area (Å²) in [5, 5.41) is 13.0. The lowest BCUT2D eigenvalue weighted by Crippen LogP contribution is -2.44. The number of nitrogens with one attached hydrogen (secondary N) is 1. The second-order valence-corrected chi connectivity index (χ2v) is 8.51. The minimum atomic E-state index is -1.16. The Hall–Kier alpha value is -3.81. The van der Waals surface area contributed by atoms with Crippen LogP contribution in [0.3, 0.4) is 0 Å². The average Bonchev–Trinajstić information content (AvgIpc) is 2.76. The molecule has 0 saturated carbocycles. The molecule has 0 fully saturated rings. The largest absolute Gasteiger partial charge is 0.496 e. The van der Waals surface area contributed by atoms with Crippen LogP contribution < -0.4 is 14.8 Å². The number of fused-ring (bicyclic) bond motifs is 1. The van der Waals surface area contributed by atoms with Crippen LogP contribution in [0, 0.1) is 0 Å². The number of carboxylic acid groups (broad SMARTS) is 1. The number of carboxylic acids is 1. The molecule has 1 unspecified atom stereocenters. The summed E-state index contributed by atoms with van der Waals surface area (Å²) in [6.07, 6.45) is 0.997. The molecule has 2 N–H and O–H groups in total. The number of carbonyl (C=O) groups excluding carboxylic acids is 1. The third-order valence-corrected chi connectivity index (χ3v) is 4.75. The second kappa shape index (κ2) is 10.2. The van der Waals surface area contributed by atoms with Crippen molar-refractivity contribution in [1.29, 1.82) is 0 Å². The van der Waals surface area contributed by atoms with E-state index >= 15 is 0 Å². The predicted molar refractivity (Wildman–Crippen MR) is 124 cm³/mol. The van der Waals surface area contributed by atoms with Crippen LogP contribution in [-0.2, 0) is 22.6 Å². The number of nitrogens with zero attached hydrogens (tertiary/aromatic N) is 1. The van der Waals surface area contributed by atoms with Gasteiger partial charge in [-0.15, -0.1) is 0 Å². The number of benzene rings is 2. The normalized spacial score (nSPS) is 12.1. The molecule has 0 spiro atoms. The number of aromatic nitrogens is 1. The van der Waals surface area contributed by atoms with Crippen molar-refractivity contribution in [2.75, 3.05) is 7.11 Å². The molecule has 0 aliphatic rings. The van der Waals surface area contributed by atoms with Gasteiger partial charge in [0, 0.05) is 23.6 Å². The molecule has 1 aromatic heterocycles. The summed E-state index contributed by atoms with van der Waals surface area (Å²) in [6, 6.07) is 13.7. The molecule has 1 heterocycles. The molecule has 0 aliphatic carbocycles. The highest BCUT2D eigenvalue weighted by Crippen LogP contribution is 2.27. The minimum absolute atomic E-state index is 0.0708. The Morgan fingerprint density at radius 3 is 2.55 bits per heavy atom. The first kappa shape index (κ1) is 23.8. The Morgan fingerprint density at radius 2 is 1.85 bits per heavy atom. The molecule has 3 rings (SSSR count). The molecular weight excluding hydrogens is 424 g/mol. The topological polar surface area (TPSA) is 107 Å². The summed E-state index contributed by atoms with van der Waals surface area (Å²) in [5.74, 6) is 0.0887. The van der Waals surface area contributed by atoms with Crippen molar-refractivity contribution in [1.82, 2.24) is 10.3 Å². The van der Waals surface area contributed by atoms with Gasteiger partial charge in [-0.3, -0.25) is 4.98 Å². The van der Waals surface area contributed by atoms with Crippen molar-refractivity contribution in [3.8, 4) is 11.5 Å². The minimum Gasteiger partial charge on any atom is -0.496 e. The van der Waals surface area contributed by atoms with Crippen LogP contribution in [0.4, 0.5) is 4.79 Å². The Labute approximate surface area is 192 Å². The van der Waals surface area contributed by atoms with E-state index in [0.717, 1.165) is 16.5 Å². The fourth-order valence-electron chi connectivity index (χ4n) is 3.31. The van der Waals surface area contributed by atoms with Gasteiger partial charge in [0.2, 0.25) is 0 Å². The maximum absolute atomic E-state index is 12.1. The van der Waals surface area contributed by atoms with Gasteiger partial charge in [-0.1, -0.05) is 24.3 Å². The van der Waals surface area contributed by atoms with Gasteiger partial charge >= 0.3 is 12.1 Å². The number of pyridine rings is 1. The number of amides is 1. The van der Waals surface area contributed by atoms with Gasteiger partial charge in [-0.25, -0.2) is 9.59 Å². The van der Waals surface area contributed by atoms with E-state index in [-0.39, 0.29) is 13.0 Å². The molecule has 8 heteroatoms. The lowest BCUT2D eigenvalue weighted by Gasteiger charge is -2.22. The molecule has 0 bridgehead atoms. The monoisotopic (exact) mass is 452 g/mol. The van der Waals surface area contributed by atoms with Crippen LogP contribution in [0.25, 0.3) is 10.9 Å². The van der Waals surface area contributed by atoms with Crippen molar-refractivity contribution < 1.29 is 28.9 Å². The van der Waals surface area contributed by atoms with Gasteiger partial charge in [0.1, 0.15) is 35.3 Å². The van der Waals surface area contributed by atoms with Crippen LogP contribution in [0.2, 0.25) is 0 Å². The summed E-state index contributed by atoms with van der Waals surface area (Å²) in [5.41, 5.74) is 1.47. The third kappa shape index (κ3) is 6.58. The molecule has 174 valence electrons. The van der Waals surface area contributed by atoms with Crippen molar-refractivity contribution in [2.45, 2.75) is 45.4 Å². The standard InChI is InChI=1S/C25H28N2O6/c1-25(2,3)33-24(30)27-19(23(28)29)14-16-10-11-20(31-4)18(13-16)15-32-21-9-5-7-17-8-6-12-26-22(17)21/h5-13,19H,14-15H2,1-4H3,(H,27,30)(H,28,29). The molecule has 0 saturated heterocycles. The van der Waals surface area contributed by atoms with Gasteiger partial charge < -0.3 is 24.6 Å². The van der Waals surface area contributed by atoms with Crippen LogP contribution in [0.15, 0.2) is 54.7 Å². The number of ether oxygens (including phenoxy) is 3. The number of hydrogen-bond donors (Lipinski definition) is 2. The molecule has 1 amide bonds. The quantitative estimate of drug-likeness (QED) is 0.523. The van der Waals surface area contributed by atoms with Crippen molar-refractivity contribution >= 4 is 23.0 Å². The smallest absolute Gasteiger partial charge is 0.408 e. The number of carbonyl (C=O) groups is 2. The highest BCUT2D eigenvalue weighted by atomic mass is 16.6. The van der Waals surface area contributed by atoms with E-state index in [9.17, 15) is 14.7 Å². The zero-order valence-corrected chi connectivity index (χ0v) is 19.1. The van der Waals surface area contributed by atoms with Gasteiger partial charge in [0.05, 0.1) is 7.11 Å². The molecule has 0 radical (unpaired) electrons. The van der Waals surface area contributed by atoms with E-state index in [1.54, 1.807) is 46.2 Å². The van der Waals surface area contributed by atoms with Crippen molar-refractivity contribution in [3.05, 3.63) is 65.9 Å². The van der Waals surface area contributed by atoms with Crippen LogP contribution in [0.5, 0.6) is 11.5 Å². The number of alkyl carbamates (subject to hydrolysis) is 1. The average molecular weight is 453 g/mol. The van der Waals surface area contributed by atoms with Crippen LogP contribution in [0.1, 0.15) is 31.9 Å². The fraction of sp³-hybridized carbons (Fsp3) is 0.320. The van der Waals surface area contributed by atoms with Crippen LogP contribution in [-0.4, -0.2) is 40.9 Å². The second-order valence-electron chi connectivity index (χ2n) is 8.51. The summed E-state index contributed by atoms with van der Waals surface area (Å²) < 4.78 is 16.7. The Bertz CT molecular complexity index is 1130. The number of hydrogen-bond acceptors (Lipinski definition) is 6. The van der Waals surface area contributed by atoms with E-state index in [4.69, 9.17) is 14.2 Å². The van der Waals surface area contributed by atoms with E-state index in [1.807, 2.05) is 36.4 Å². The van der Waals surface area contributed by atoms with E-state index in [2.05, 4.69) is 10.3 Å². The molecule has 3 aromatic rings. The lowest BCUT2D eigenvalue weighted by molar-refractivity contribution is -0.139. The number of para-hydroxylation sites is 1. The highest BCUT2D eigenvalue weighted by molar-refractivity contribution is 5.84. The summed E-state index contributed by atoms with van der Waals surface area (Å²) >= 11 is 0. The van der Waals surface area contributed by atoms with E-state index in [1.165, 1.54) is 0 Å². The van der Waals surface area contributed by atoms with Gasteiger partial charge in [0.25, 0.3) is 0 Å². The molecule has 0 aliphatic heterocycles. The third-order valence-electron chi connectivity index (χ3n) is 4.75. The molecule has 8 nitrogen and oxygen atoms in total. The maximum Gasteiger partial charge on any atom is 0.408 e. The summed E-state index contributed by atoms with van der Waals surface area (Å²) in [7, 11) is 1.56. The first-order valence-electron chi connectivity index (χ1n) is 10.5. The molecule has 1 atom stereocenters. The van der Waals surface area contributed by atoms with E-state index < -0.39 is 23.7 Å². The molecule has 33 heavy (non-hydrogen) atoms. The zero-order chi connectivity index (χ0) is 24.0. The molecular formula is C25H28N2O6. The number of methoxy groups -OCH3 is 1. The predicted octanol–water partition coefficient (Wildman–Crippen LogP) is 4.34. The Kier molecular flexibility index (Phi) is 7.37. The van der Waals surface area contributed by atoms with Crippen molar-refractivity contribution in [2.24, 2.45) is 0 Å². The summed E-state index contributed by atoms with van der Waals surface area (Å²) in [4.78, 5) is 28.2. The van der Waals surface area contributed by atoms with Gasteiger partial charge in [-0.2, -0.15) is 0 Å². The highest BCUT2D eigenvalue weighted by Gasteiger charge is 2.24. The van der Waals surface area contributed by atoms with Crippen molar-refractivity contribution in [3.63, 3.8) is 0 Å². The fourth-order valence-corrected chi connectivity index (χ4v) is 3.31. The Morgan fingerprint density at radius 1 is 1.09 bits per heavy atom. The molecule has 2 aromatic carbocycles. The zero-order valence-electron chi connectivity index (χ0n) is 19.1. The summed E-state index contributed by atoms with van der Waals surface area (Å²) in [6.45, 7) is 5.33. The number of aliphatic carboxylic acids is 1. The Balaban J connectivity index is 1.76. The maximum atomic E-state index is 12.1.